The van der Waals surface area contributed by atoms with Gasteiger partial charge >= 0.3 is 0 Å². The Bertz CT molecular complexity index is 128. The van der Waals surface area contributed by atoms with Gasteiger partial charge in [-0.1, -0.05) is 6.92 Å². The van der Waals surface area contributed by atoms with Gasteiger partial charge in [0.05, 0.1) is 12.7 Å². The SMILES string of the molecule is CCC1CN(C(C)CN)CCO1. The van der Waals surface area contributed by atoms with Crippen LogP contribution in [0.3, 0.4) is 0 Å². The molecule has 0 bridgehead atoms. The molecule has 2 unspecified atom stereocenters. The van der Waals surface area contributed by atoms with Crippen LogP contribution in [0.4, 0.5) is 0 Å². The summed E-state index contributed by atoms with van der Waals surface area (Å²) in [5.41, 5.74) is 5.61. The fourth-order valence-electron chi connectivity index (χ4n) is 1.54. The predicted molar refractivity (Wildman–Crippen MR) is 50.1 cm³/mol. The third-order valence-electron chi connectivity index (χ3n) is 2.59. The fourth-order valence-corrected chi connectivity index (χ4v) is 1.54. The van der Waals surface area contributed by atoms with E-state index in [9.17, 15) is 0 Å². The summed E-state index contributed by atoms with van der Waals surface area (Å²) in [6.07, 6.45) is 1.53. The number of hydrogen-bond donors (Lipinski definition) is 1. The van der Waals surface area contributed by atoms with Crippen molar-refractivity contribution in [3.05, 3.63) is 0 Å². The molecule has 1 fully saturated rings. The first-order valence-electron chi connectivity index (χ1n) is 4.83. The van der Waals surface area contributed by atoms with E-state index in [2.05, 4.69) is 18.7 Å². The van der Waals surface area contributed by atoms with Crippen LogP contribution in [-0.4, -0.2) is 43.3 Å². The van der Waals surface area contributed by atoms with E-state index in [0.29, 0.717) is 12.1 Å². The summed E-state index contributed by atoms with van der Waals surface area (Å²) in [6.45, 7) is 8.04. The van der Waals surface area contributed by atoms with Crippen LogP contribution < -0.4 is 5.73 Å². The van der Waals surface area contributed by atoms with E-state index in [-0.39, 0.29) is 0 Å². The predicted octanol–water partition coefficient (Wildman–Crippen LogP) is 0.444. The molecular formula is C9H20N2O. The van der Waals surface area contributed by atoms with Crippen LogP contribution in [0.1, 0.15) is 20.3 Å². The van der Waals surface area contributed by atoms with Crippen LogP contribution in [0.25, 0.3) is 0 Å². The molecule has 0 aliphatic carbocycles. The van der Waals surface area contributed by atoms with E-state index < -0.39 is 0 Å². The third-order valence-corrected chi connectivity index (χ3v) is 2.59. The molecule has 1 aliphatic rings. The van der Waals surface area contributed by atoms with Crippen LogP contribution in [0.5, 0.6) is 0 Å². The van der Waals surface area contributed by atoms with Crippen molar-refractivity contribution in [3.63, 3.8) is 0 Å². The van der Waals surface area contributed by atoms with Crippen LogP contribution >= 0.6 is 0 Å². The lowest BCUT2D eigenvalue weighted by atomic mass is 10.2. The summed E-state index contributed by atoms with van der Waals surface area (Å²) in [4.78, 5) is 2.41. The molecule has 0 radical (unpaired) electrons. The Hall–Kier alpha value is -0.120. The van der Waals surface area contributed by atoms with Crippen molar-refractivity contribution in [1.29, 1.82) is 0 Å². The van der Waals surface area contributed by atoms with E-state index in [1.54, 1.807) is 0 Å². The summed E-state index contributed by atoms with van der Waals surface area (Å²) in [5.74, 6) is 0. The highest BCUT2D eigenvalue weighted by Crippen LogP contribution is 2.10. The second-order valence-electron chi connectivity index (χ2n) is 3.48. The van der Waals surface area contributed by atoms with Gasteiger partial charge < -0.3 is 10.5 Å². The van der Waals surface area contributed by atoms with Gasteiger partial charge in [-0.05, 0) is 13.3 Å². The van der Waals surface area contributed by atoms with Gasteiger partial charge in [-0.25, -0.2) is 0 Å². The average Bonchev–Trinajstić information content (AvgIpc) is 2.17. The maximum absolute atomic E-state index is 5.61. The van der Waals surface area contributed by atoms with Gasteiger partial charge in [-0.2, -0.15) is 0 Å². The van der Waals surface area contributed by atoms with Gasteiger partial charge in [0.15, 0.2) is 0 Å². The van der Waals surface area contributed by atoms with Crippen molar-refractivity contribution in [2.45, 2.75) is 32.4 Å². The third kappa shape index (κ3) is 2.44. The van der Waals surface area contributed by atoms with Crippen molar-refractivity contribution in [3.8, 4) is 0 Å². The molecule has 0 spiro atoms. The monoisotopic (exact) mass is 172 g/mol. The zero-order chi connectivity index (χ0) is 8.97. The highest BCUT2D eigenvalue weighted by molar-refractivity contribution is 4.75. The molecule has 12 heavy (non-hydrogen) atoms. The lowest BCUT2D eigenvalue weighted by Crippen LogP contribution is -2.48. The molecule has 2 N–H and O–H groups in total. The Morgan fingerprint density at radius 3 is 3.00 bits per heavy atom. The lowest BCUT2D eigenvalue weighted by molar-refractivity contribution is -0.0407. The number of ether oxygens (including phenoxy) is 1. The van der Waals surface area contributed by atoms with E-state index >= 15 is 0 Å². The number of nitrogens with zero attached hydrogens (tertiary/aromatic N) is 1. The minimum Gasteiger partial charge on any atom is -0.376 e. The number of morpholine rings is 1. The van der Waals surface area contributed by atoms with Crippen molar-refractivity contribution in [2.75, 3.05) is 26.2 Å². The van der Waals surface area contributed by atoms with Gasteiger partial charge in [-0.3, -0.25) is 4.90 Å². The minimum atomic E-state index is 0.424. The van der Waals surface area contributed by atoms with Crippen molar-refractivity contribution in [1.82, 2.24) is 4.90 Å². The van der Waals surface area contributed by atoms with Crippen molar-refractivity contribution in [2.24, 2.45) is 5.73 Å². The molecule has 0 aromatic heterocycles. The van der Waals surface area contributed by atoms with Crippen LogP contribution in [-0.2, 0) is 4.74 Å². The molecule has 0 saturated carbocycles. The molecule has 1 rings (SSSR count). The lowest BCUT2D eigenvalue weighted by Gasteiger charge is -2.36. The first kappa shape index (κ1) is 9.96. The molecule has 3 heteroatoms. The average molecular weight is 172 g/mol. The molecule has 72 valence electrons. The van der Waals surface area contributed by atoms with E-state index in [4.69, 9.17) is 10.5 Å². The smallest absolute Gasteiger partial charge is 0.0700 e. The van der Waals surface area contributed by atoms with Crippen LogP contribution in [0.2, 0.25) is 0 Å². The summed E-state index contributed by atoms with van der Waals surface area (Å²) in [5, 5.41) is 0. The second-order valence-corrected chi connectivity index (χ2v) is 3.48. The summed E-state index contributed by atoms with van der Waals surface area (Å²) < 4.78 is 5.57. The minimum absolute atomic E-state index is 0.424. The second kappa shape index (κ2) is 4.80. The van der Waals surface area contributed by atoms with Gasteiger partial charge in [0.1, 0.15) is 0 Å². The molecule has 0 amide bonds. The number of rotatable bonds is 3. The largest absolute Gasteiger partial charge is 0.376 e. The quantitative estimate of drug-likeness (QED) is 0.671. The van der Waals surface area contributed by atoms with Crippen molar-refractivity contribution >= 4 is 0 Å². The Morgan fingerprint density at radius 1 is 1.67 bits per heavy atom. The Balaban J connectivity index is 2.34. The van der Waals surface area contributed by atoms with E-state index in [1.165, 1.54) is 0 Å². The normalized spacial score (nSPS) is 28.8. The number of nitrogens with two attached hydrogens (primary N) is 1. The maximum Gasteiger partial charge on any atom is 0.0700 e. The summed E-state index contributed by atoms with van der Waals surface area (Å²) >= 11 is 0. The zero-order valence-electron chi connectivity index (χ0n) is 8.12. The van der Waals surface area contributed by atoms with Crippen LogP contribution in [0.15, 0.2) is 0 Å². The highest BCUT2D eigenvalue weighted by Gasteiger charge is 2.21. The summed E-state index contributed by atoms with van der Waals surface area (Å²) in [7, 11) is 0. The molecule has 1 saturated heterocycles. The first-order valence-corrected chi connectivity index (χ1v) is 4.83. The van der Waals surface area contributed by atoms with Gasteiger partial charge in [0.2, 0.25) is 0 Å². The molecule has 0 aromatic rings. The Labute approximate surface area is 74.9 Å². The van der Waals surface area contributed by atoms with Crippen LogP contribution in [0, 0.1) is 0 Å². The molecule has 3 nitrogen and oxygen atoms in total. The van der Waals surface area contributed by atoms with Gasteiger partial charge in [0.25, 0.3) is 0 Å². The maximum atomic E-state index is 5.61. The summed E-state index contributed by atoms with van der Waals surface area (Å²) in [6, 6.07) is 0.503. The fraction of sp³-hybridized carbons (Fsp3) is 1.00. The standard InChI is InChI=1S/C9H20N2O/c1-3-9-7-11(4-5-12-9)8(2)6-10/h8-9H,3-7,10H2,1-2H3. The Morgan fingerprint density at radius 2 is 2.42 bits per heavy atom. The van der Waals surface area contributed by atoms with Gasteiger partial charge in [-0.15, -0.1) is 0 Å². The highest BCUT2D eigenvalue weighted by atomic mass is 16.5. The Kier molecular flexibility index (Phi) is 3.98. The molecule has 0 aromatic carbocycles. The molecular weight excluding hydrogens is 152 g/mol. The topological polar surface area (TPSA) is 38.5 Å². The zero-order valence-corrected chi connectivity index (χ0v) is 8.12. The van der Waals surface area contributed by atoms with Gasteiger partial charge in [0, 0.05) is 25.7 Å². The van der Waals surface area contributed by atoms with Crippen molar-refractivity contribution < 1.29 is 4.74 Å². The number of hydrogen-bond acceptors (Lipinski definition) is 3. The molecule has 1 aliphatic heterocycles. The molecule has 1 heterocycles. The molecule has 2 atom stereocenters. The van der Waals surface area contributed by atoms with E-state index in [0.717, 1.165) is 32.7 Å². The van der Waals surface area contributed by atoms with E-state index in [1.807, 2.05) is 0 Å². The first-order chi connectivity index (χ1) is 5.77.